The van der Waals surface area contributed by atoms with Crippen LogP contribution in [0.1, 0.15) is 36.6 Å². The molecule has 1 fully saturated rings. The van der Waals surface area contributed by atoms with E-state index < -0.39 is 5.82 Å². The quantitative estimate of drug-likeness (QED) is 0.783. The van der Waals surface area contributed by atoms with Gasteiger partial charge in [-0.25, -0.2) is 9.18 Å². The van der Waals surface area contributed by atoms with Gasteiger partial charge in [0.15, 0.2) is 11.6 Å². The van der Waals surface area contributed by atoms with Gasteiger partial charge in [0, 0.05) is 20.1 Å². The number of benzene rings is 1. The number of halogens is 1. The van der Waals surface area contributed by atoms with Crippen molar-refractivity contribution in [2.75, 3.05) is 33.8 Å². The molecule has 0 spiro atoms. The van der Waals surface area contributed by atoms with Gasteiger partial charge in [-0.3, -0.25) is 4.90 Å². The van der Waals surface area contributed by atoms with Crippen LogP contribution in [0.25, 0.3) is 0 Å². The molecule has 0 bridgehead atoms. The van der Waals surface area contributed by atoms with Gasteiger partial charge in [-0.15, -0.1) is 0 Å². The molecule has 28 heavy (non-hydrogen) atoms. The molecule has 1 N–H and O–H groups in total. The van der Waals surface area contributed by atoms with Crippen LogP contribution in [0.5, 0.6) is 5.75 Å². The van der Waals surface area contributed by atoms with Crippen LogP contribution < -0.4 is 10.1 Å². The smallest absolute Gasteiger partial charge is 0.317 e. The van der Waals surface area contributed by atoms with Crippen molar-refractivity contribution in [3.8, 4) is 5.75 Å². The van der Waals surface area contributed by atoms with E-state index >= 15 is 0 Å². The maximum atomic E-state index is 13.9. The maximum Gasteiger partial charge on any atom is 0.317 e. The van der Waals surface area contributed by atoms with Crippen LogP contribution in [-0.2, 0) is 6.54 Å². The normalized spacial score (nSPS) is 15.8. The zero-order chi connectivity index (χ0) is 19.9. The molecule has 0 radical (unpaired) electrons. The number of likely N-dealkylation sites (tertiary alicyclic amines) is 1. The largest absolute Gasteiger partial charge is 0.494 e. The van der Waals surface area contributed by atoms with Crippen molar-refractivity contribution < 1.29 is 18.3 Å². The van der Waals surface area contributed by atoms with Gasteiger partial charge in [-0.1, -0.05) is 12.5 Å². The molecule has 1 saturated heterocycles. The highest BCUT2D eigenvalue weighted by Gasteiger charge is 2.25. The van der Waals surface area contributed by atoms with E-state index in [4.69, 9.17) is 9.15 Å². The highest BCUT2D eigenvalue weighted by molar-refractivity contribution is 5.73. The lowest BCUT2D eigenvalue weighted by molar-refractivity contribution is 0.140. The average Bonchev–Trinajstić information content (AvgIpc) is 3.23. The molecular weight excluding hydrogens is 361 g/mol. The molecule has 7 heteroatoms. The minimum Gasteiger partial charge on any atom is -0.494 e. The number of ether oxygens (including phenoxy) is 1. The summed E-state index contributed by atoms with van der Waals surface area (Å²) >= 11 is 0. The van der Waals surface area contributed by atoms with Crippen molar-refractivity contribution >= 4 is 6.03 Å². The average molecular weight is 389 g/mol. The third-order valence-corrected chi connectivity index (χ3v) is 5.13. The molecule has 2 heterocycles. The zero-order valence-electron chi connectivity index (χ0n) is 16.5. The molecule has 1 aromatic carbocycles. The molecule has 1 unspecified atom stereocenters. The zero-order valence-corrected chi connectivity index (χ0v) is 16.5. The van der Waals surface area contributed by atoms with Gasteiger partial charge in [0.25, 0.3) is 0 Å². The number of urea groups is 1. The van der Waals surface area contributed by atoms with Crippen LogP contribution in [0.4, 0.5) is 9.18 Å². The van der Waals surface area contributed by atoms with Crippen LogP contribution in [0.3, 0.4) is 0 Å². The maximum absolute atomic E-state index is 13.9. The van der Waals surface area contributed by atoms with Gasteiger partial charge in [0.2, 0.25) is 0 Å². The van der Waals surface area contributed by atoms with E-state index in [1.54, 1.807) is 25.4 Å². The Bertz CT molecular complexity index is 760. The van der Waals surface area contributed by atoms with Crippen molar-refractivity contribution in [1.82, 2.24) is 15.1 Å². The first-order chi connectivity index (χ1) is 13.6. The summed E-state index contributed by atoms with van der Waals surface area (Å²) in [6.45, 7) is 2.78. The summed E-state index contributed by atoms with van der Waals surface area (Å²) in [6.07, 6.45) is 5.23. The second kappa shape index (κ2) is 9.59. The van der Waals surface area contributed by atoms with E-state index in [-0.39, 0.29) is 17.8 Å². The lowest BCUT2D eigenvalue weighted by Crippen LogP contribution is -2.44. The van der Waals surface area contributed by atoms with Crippen LogP contribution in [-0.4, -0.2) is 49.6 Å². The van der Waals surface area contributed by atoms with Crippen LogP contribution in [0.2, 0.25) is 0 Å². The molecule has 1 aliphatic rings. The van der Waals surface area contributed by atoms with Crippen molar-refractivity contribution in [3.63, 3.8) is 0 Å². The Labute approximate surface area is 165 Å². The summed E-state index contributed by atoms with van der Waals surface area (Å²) in [5, 5.41) is 2.99. The van der Waals surface area contributed by atoms with Gasteiger partial charge < -0.3 is 19.4 Å². The van der Waals surface area contributed by atoms with Gasteiger partial charge in [-0.05, 0) is 55.8 Å². The van der Waals surface area contributed by atoms with Gasteiger partial charge in [0.1, 0.15) is 5.76 Å². The Morgan fingerprint density at radius 2 is 2.11 bits per heavy atom. The number of hydrogen-bond acceptors (Lipinski definition) is 4. The Balaban J connectivity index is 1.58. The molecule has 3 rings (SSSR count). The number of nitrogens with one attached hydrogen (secondary N) is 1. The summed E-state index contributed by atoms with van der Waals surface area (Å²) in [5.41, 5.74) is 0.703. The second-order valence-corrected chi connectivity index (χ2v) is 7.14. The molecule has 6 nitrogen and oxygen atoms in total. The van der Waals surface area contributed by atoms with E-state index in [1.807, 2.05) is 12.1 Å². The standard InChI is InChI=1S/C21H28FN3O3/c1-24(15-16-8-9-19(27-2)17(22)13-16)21(26)23-14-18(20-7-6-12-28-20)25-10-4-3-5-11-25/h6-9,12-13,18H,3-5,10-11,14-15H2,1-2H3,(H,23,26). The second-order valence-electron chi connectivity index (χ2n) is 7.14. The number of nitrogens with zero attached hydrogens (tertiary/aromatic N) is 2. The summed E-state index contributed by atoms with van der Waals surface area (Å²) in [6, 6.07) is 8.36. The fourth-order valence-electron chi connectivity index (χ4n) is 3.59. The van der Waals surface area contributed by atoms with E-state index in [1.165, 1.54) is 24.5 Å². The van der Waals surface area contributed by atoms with Gasteiger partial charge in [0.05, 0.1) is 19.4 Å². The number of methoxy groups -OCH3 is 1. The Kier molecular flexibility index (Phi) is 6.92. The fourth-order valence-corrected chi connectivity index (χ4v) is 3.59. The SMILES string of the molecule is COc1ccc(CN(C)C(=O)NCC(c2ccco2)N2CCCCC2)cc1F. The number of furan rings is 1. The van der Waals surface area contributed by atoms with Gasteiger partial charge in [-0.2, -0.15) is 0 Å². The van der Waals surface area contributed by atoms with Crippen molar-refractivity contribution in [1.29, 1.82) is 0 Å². The third-order valence-electron chi connectivity index (χ3n) is 5.13. The number of amides is 2. The first kappa shape index (κ1) is 20.2. The fraction of sp³-hybridized carbons (Fsp3) is 0.476. The van der Waals surface area contributed by atoms with Crippen LogP contribution in [0, 0.1) is 5.82 Å². The minimum absolute atomic E-state index is 0.0195. The van der Waals surface area contributed by atoms with E-state index in [2.05, 4.69) is 10.2 Å². The predicted molar refractivity (Wildman–Crippen MR) is 105 cm³/mol. The Morgan fingerprint density at radius 3 is 2.75 bits per heavy atom. The van der Waals surface area contributed by atoms with Crippen molar-refractivity contribution in [2.45, 2.75) is 31.8 Å². The summed E-state index contributed by atoms with van der Waals surface area (Å²) < 4.78 is 24.4. The number of carbonyl (C=O) groups is 1. The molecule has 2 amide bonds. The Morgan fingerprint density at radius 1 is 1.32 bits per heavy atom. The molecule has 1 atom stereocenters. The summed E-state index contributed by atoms with van der Waals surface area (Å²) in [4.78, 5) is 16.5. The Hall–Kier alpha value is -2.54. The number of rotatable bonds is 7. The summed E-state index contributed by atoms with van der Waals surface area (Å²) in [5.74, 6) is 0.623. The van der Waals surface area contributed by atoms with Crippen LogP contribution in [0.15, 0.2) is 41.0 Å². The predicted octanol–water partition coefficient (Wildman–Crippen LogP) is 3.80. The van der Waals surface area contributed by atoms with Crippen LogP contribution >= 0.6 is 0 Å². The molecule has 1 aliphatic heterocycles. The molecule has 0 saturated carbocycles. The highest BCUT2D eigenvalue weighted by atomic mass is 19.1. The van der Waals surface area contributed by atoms with Crippen molar-refractivity contribution in [2.24, 2.45) is 0 Å². The lowest BCUT2D eigenvalue weighted by Gasteiger charge is -2.33. The lowest BCUT2D eigenvalue weighted by atomic mass is 10.1. The topological polar surface area (TPSA) is 58.0 Å². The molecule has 152 valence electrons. The molecular formula is C21H28FN3O3. The first-order valence-electron chi connectivity index (χ1n) is 9.67. The van der Waals surface area contributed by atoms with E-state index in [0.717, 1.165) is 31.7 Å². The molecule has 2 aromatic rings. The number of piperidine rings is 1. The summed E-state index contributed by atoms with van der Waals surface area (Å²) in [7, 11) is 3.12. The highest BCUT2D eigenvalue weighted by Crippen LogP contribution is 2.24. The minimum atomic E-state index is -0.434. The van der Waals surface area contributed by atoms with Crippen molar-refractivity contribution in [3.05, 3.63) is 53.7 Å². The number of carbonyl (C=O) groups excluding carboxylic acids is 1. The van der Waals surface area contributed by atoms with Gasteiger partial charge >= 0.3 is 6.03 Å². The number of hydrogen-bond donors (Lipinski definition) is 1. The first-order valence-corrected chi connectivity index (χ1v) is 9.67. The molecule has 1 aromatic heterocycles. The monoisotopic (exact) mass is 389 g/mol. The third kappa shape index (κ3) is 5.04. The van der Waals surface area contributed by atoms with E-state index in [0.29, 0.717) is 18.7 Å². The molecule has 0 aliphatic carbocycles. The van der Waals surface area contributed by atoms with E-state index in [9.17, 15) is 9.18 Å².